The van der Waals surface area contributed by atoms with Crippen LogP contribution in [0.3, 0.4) is 0 Å². The third-order valence-electron chi connectivity index (χ3n) is 0. The fraction of sp³-hybridized carbons (Fsp3) is 1.00. The topological polar surface area (TPSA) is 0 Å². The molecule has 0 unspecified atom stereocenters. The molecule has 0 atom stereocenters. The lowest BCUT2D eigenvalue weighted by Gasteiger charge is -1.48. The summed E-state index contributed by atoms with van der Waals surface area (Å²) in [6.07, 6.45) is 1.25. The molecule has 0 heterocycles. The van der Waals surface area contributed by atoms with E-state index in [9.17, 15) is 0 Å². The Morgan fingerprint density at radius 2 is 0.583 bits per heavy atom. The van der Waals surface area contributed by atoms with Gasteiger partial charge in [0.15, 0.2) is 0 Å². The van der Waals surface area contributed by atoms with Crippen LogP contribution in [0.1, 0.15) is 76.7 Å². The van der Waals surface area contributed by atoms with Crippen LogP contribution in [0.5, 0.6) is 0 Å². The van der Waals surface area contributed by atoms with E-state index in [-0.39, 0.29) is 23.3 Å². The van der Waals surface area contributed by atoms with Crippen molar-refractivity contribution in [2.75, 3.05) is 0 Å². The minimum Gasteiger partial charge on any atom is -0.0776 e. The third kappa shape index (κ3) is 196000. The van der Waals surface area contributed by atoms with E-state index in [4.69, 9.17) is 0 Å². The lowest BCUT2D eigenvalue weighted by atomic mass is 10.6. The van der Waals surface area contributed by atoms with Crippen LogP contribution >= 0.6 is 0 Å². The first-order valence-electron chi connectivity index (χ1n) is 4.41. The highest BCUT2D eigenvalue weighted by Gasteiger charge is 1.35. The minimum absolute atomic E-state index is 0. The van der Waals surface area contributed by atoms with Crippen molar-refractivity contribution in [3.05, 3.63) is 0 Å². The van der Waals surface area contributed by atoms with Gasteiger partial charge in [-0.05, 0) is 0 Å². The summed E-state index contributed by atoms with van der Waals surface area (Å²) in [5, 5.41) is 0. The van der Waals surface area contributed by atoms with Crippen molar-refractivity contribution in [1.29, 1.82) is 0 Å². The molecule has 0 aliphatic heterocycles. The Balaban J connectivity index is -0.00000000522. The van der Waals surface area contributed by atoms with Gasteiger partial charge in [-0.15, -0.1) is 0 Å². The molecule has 0 aromatic heterocycles. The predicted octanol–water partition coefficient (Wildman–Crippen LogP) is 5.39. The van der Waals surface area contributed by atoms with Crippen LogP contribution in [0.2, 0.25) is 0 Å². The zero-order valence-corrected chi connectivity index (χ0v) is 9.28. The maximum Gasteiger partial charge on any atom is 0 e. The summed E-state index contributed by atoms with van der Waals surface area (Å²) in [5.41, 5.74) is 0. The summed E-state index contributed by atoms with van der Waals surface area (Å²) in [4.78, 5) is 0. The van der Waals surface area contributed by atoms with E-state index in [0.717, 1.165) is 0 Å². The maximum atomic E-state index is 2.12. The fourth-order valence-corrected chi connectivity index (χ4v) is 0. The van der Waals surface area contributed by atoms with Gasteiger partial charge in [0, 0.05) is 8.41 Å². The molecular weight excluding hydrogens is 143 g/mol. The van der Waals surface area contributed by atoms with Crippen molar-refractivity contribution in [3.8, 4) is 0 Å². The normalized spacial score (nSPS) is 3.00. The summed E-state index contributed by atoms with van der Waals surface area (Å²) in [5.74, 6) is 0. The largest absolute Gasteiger partial charge is 0.0776 e. The van der Waals surface area contributed by atoms with Gasteiger partial charge in [0.2, 0.25) is 0 Å². The summed E-state index contributed by atoms with van der Waals surface area (Å²) < 4.78 is 0. The molecule has 12 heavy (non-hydrogen) atoms. The molecule has 0 N–H and O–H groups in total. The Morgan fingerprint density at radius 3 is 0.583 bits per heavy atom. The van der Waals surface area contributed by atoms with E-state index in [1.54, 1.807) is 0 Å². The minimum atomic E-state index is 0. The van der Waals surface area contributed by atoms with Crippen LogP contribution in [0.15, 0.2) is 0 Å². The number of hydrogen-bond donors (Lipinski definition) is 0. The first-order chi connectivity index (χ1) is 4.41. The molecule has 0 aromatic rings. The molecule has 0 aliphatic rings. The second-order valence-corrected chi connectivity index (χ2v) is 0.707. The Kier molecular flexibility index (Phi) is 4740. The van der Waals surface area contributed by atoms with Crippen LogP contribution in [0.25, 0.3) is 0 Å². The standard InChI is InChI=1S/C3H8.3C2H6.2CH4.B/c1-3-2;3*1-2;;;/h3H2,1-2H3;3*1-2H3;2*1H4;. The molecule has 0 aromatic carbocycles. The molecule has 0 aliphatic carbocycles. The maximum absolute atomic E-state index is 2.12. The molecule has 0 nitrogen and oxygen atoms in total. The van der Waals surface area contributed by atoms with Gasteiger partial charge in [-0.25, -0.2) is 0 Å². The molecule has 81 valence electrons. The molecule has 0 saturated heterocycles. The Bertz CT molecular complexity index is 4.97. The highest BCUT2D eigenvalue weighted by Crippen LogP contribution is 1.56. The van der Waals surface area contributed by atoms with Gasteiger partial charge in [0.25, 0.3) is 0 Å². The van der Waals surface area contributed by atoms with Crippen LogP contribution in [0, 0.1) is 0 Å². The molecule has 0 rings (SSSR count). The van der Waals surface area contributed by atoms with Gasteiger partial charge < -0.3 is 0 Å². The SMILES string of the molecule is C.C.CC.CC.CC.CCC.[B]. The van der Waals surface area contributed by atoms with Gasteiger partial charge in [0.05, 0.1) is 0 Å². The molecule has 0 spiro atoms. The van der Waals surface area contributed by atoms with Gasteiger partial charge >= 0.3 is 0 Å². The van der Waals surface area contributed by atoms with Crippen molar-refractivity contribution in [2.45, 2.75) is 76.7 Å². The average molecular weight is 177 g/mol. The summed E-state index contributed by atoms with van der Waals surface area (Å²) >= 11 is 0. The van der Waals surface area contributed by atoms with Crippen LogP contribution in [-0.2, 0) is 0 Å². The first kappa shape index (κ1) is 57.6. The van der Waals surface area contributed by atoms with Gasteiger partial charge in [-0.1, -0.05) is 76.7 Å². The molecule has 0 amide bonds. The number of hydrogen-bond acceptors (Lipinski definition) is 0. The first-order valence-corrected chi connectivity index (χ1v) is 4.41. The molecule has 0 fully saturated rings. The van der Waals surface area contributed by atoms with E-state index >= 15 is 0 Å². The lowest BCUT2D eigenvalue weighted by molar-refractivity contribution is 1.09. The molecule has 1 heteroatoms. The summed E-state index contributed by atoms with van der Waals surface area (Å²) in [7, 11) is 0. The Labute approximate surface area is 85.7 Å². The van der Waals surface area contributed by atoms with Crippen molar-refractivity contribution in [3.63, 3.8) is 0 Å². The predicted molar refractivity (Wildman–Crippen MR) is 69.2 cm³/mol. The van der Waals surface area contributed by atoms with Crippen LogP contribution in [0.4, 0.5) is 0 Å². The van der Waals surface area contributed by atoms with Crippen LogP contribution in [-0.4, -0.2) is 8.41 Å². The van der Waals surface area contributed by atoms with E-state index < -0.39 is 0 Å². The number of rotatable bonds is 0. The van der Waals surface area contributed by atoms with Crippen LogP contribution < -0.4 is 0 Å². The van der Waals surface area contributed by atoms with E-state index in [1.165, 1.54) is 6.42 Å². The molecular formula is C11H34B. The van der Waals surface area contributed by atoms with Crippen molar-refractivity contribution >= 4 is 8.41 Å². The van der Waals surface area contributed by atoms with Crippen molar-refractivity contribution in [2.24, 2.45) is 0 Å². The van der Waals surface area contributed by atoms with E-state index in [1.807, 2.05) is 41.5 Å². The van der Waals surface area contributed by atoms with E-state index in [2.05, 4.69) is 13.8 Å². The monoisotopic (exact) mass is 177 g/mol. The van der Waals surface area contributed by atoms with Crippen molar-refractivity contribution < 1.29 is 0 Å². The fourth-order valence-electron chi connectivity index (χ4n) is 0. The third-order valence-corrected chi connectivity index (χ3v) is 0. The molecule has 0 bridgehead atoms. The summed E-state index contributed by atoms with van der Waals surface area (Å²) in [6.45, 7) is 16.2. The molecule has 0 saturated carbocycles. The second kappa shape index (κ2) is 988. The zero-order valence-electron chi connectivity index (χ0n) is 9.28. The zero-order chi connectivity index (χ0) is 8.71. The van der Waals surface area contributed by atoms with Gasteiger partial charge in [0.1, 0.15) is 0 Å². The quantitative estimate of drug-likeness (QED) is 0.435. The van der Waals surface area contributed by atoms with Crippen molar-refractivity contribution in [1.82, 2.24) is 0 Å². The highest BCUT2D eigenvalue weighted by molar-refractivity contribution is 5.75. The molecule has 3 radical (unpaired) electrons. The average Bonchev–Trinajstić information content (AvgIpc) is 2.01. The summed E-state index contributed by atoms with van der Waals surface area (Å²) in [6, 6.07) is 0. The Hall–Kier alpha value is 0.0649. The highest BCUT2D eigenvalue weighted by atomic mass is 13.4. The van der Waals surface area contributed by atoms with Gasteiger partial charge in [-0.2, -0.15) is 0 Å². The van der Waals surface area contributed by atoms with E-state index in [0.29, 0.717) is 0 Å². The van der Waals surface area contributed by atoms with Gasteiger partial charge in [-0.3, -0.25) is 0 Å². The smallest absolute Gasteiger partial charge is 0 e. The second-order valence-electron chi connectivity index (χ2n) is 0.707. The lowest BCUT2D eigenvalue weighted by Crippen LogP contribution is -1.27. The Morgan fingerprint density at radius 1 is 0.583 bits per heavy atom.